The number of halogens is 1. The molecule has 0 saturated heterocycles. The Bertz CT molecular complexity index is 955. The van der Waals surface area contributed by atoms with Gasteiger partial charge in [0.05, 0.1) is 10.9 Å². The lowest BCUT2D eigenvalue weighted by molar-refractivity contribution is -0.126. The number of hydrogen-bond acceptors (Lipinski definition) is 4. The molecule has 0 heterocycles. The van der Waals surface area contributed by atoms with Crippen LogP contribution in [0.1, 0.15) is 44.2 Å². The van der Waals surface area contributed by atoms with E-state index in [1.807, 2.05) is 6.92 Å². The monoisotopic (exact) mass is 419 g/mol. The molecule has 0 bridgehead atoms. The third-order valence-corrected chi connectivity index (χ3v) is 6.84. The largest absolute Gasteiger partial charge is 0.399 e. The number of nitrogens with two attached hydrogens (primary N) is 1. The molecule has 2 aromatic rings. The number of nitrogens with one attached hydrogen (secondary N) is 2. The predicted molar refractivity (Wildman–Crippen MR) is 110 cm³/mol. The molecule has 8 heteroatoms. The zero-order valence-corrected chi connectivity index (χ0v) is 17.1. The highest BCUT2D eigenvalue weighted by atomic mass is 32.2. The summed E-state index contributed by atoms with van der Waals surface area (Å²) in [6.45, 7) is 1.86. The van der Waals surface area contributed by atoms with Crippen molar-refractivity contribution in [3.63, 3.8) is 0 Å². The van der Waals surface area contributed by atoms with Crippen LogP contribution in [0.25, 0.3) is 0 Å². The number of hydrogen-bond donors (Lipinski definition) is 3. The number of nitrogen functional groups attached to an aromatic ring is 1. The maximum atomic E-state index is 13.0. The molecule has 0 unspecified atom stereocenters. The molecule has 0 radical (unpaired) electrons. The normalized spacial score (nSPS) is 20.8. The molecule has 2 aromatic carbocycles. The third-order valence-electron chi connectivity index (χ3n) is 5.32. The van der Waals surface area contributed by atoms with Crippen LogP contribution >= 0.6 is 0 Å². The first-order valence-electron chi connectivity index (χ1n) is 9.68. The summed E-state index contributed by atoms with van der Waals surface area (Å²) in [5.41, 5.74) is 6.90. The first-order valence-corrected chi connectivity index (χ1v) is 11.2. The van der Waals surface area contributed by atoms with Gasteiger partial charge < -0.3 is 11.1 Å². The lowest BCUT2D eigenvalue weighted by Crippen LogP contribution is -2.41. The Morgan fingerprint density at radius 2 is 1.76 bits per heavy atom. The average Bonchev–Trinajstić information content (AvgIpc) is 2.68. The topological polar surface area (TPSA) is 101 Å². The highest BCUT2D eigenvalue weighted by Crippen LogP contribution is 2.27. The van der Waals surface area contributed by atoms with Crippen molar-refractivity contribution in [1.82, 2.24) is 10.0 Å². The summed E-state index contributed by atoms with van der Waals surface area (Å²) in [5, 5.41) is 2.97. The number of carbonyl (C=O) groups is 1. The van der Waals surface area contributed by atoms with Crippen LogP contribution in [0, 0.1) is 11.7 Å². The zero-order chi connectivity index (χ0) is 21.0. The lowest BCUT2D eigenvalue weighted by Gasteiger charge is -2.29. The maximum absolute atomic E-state index is 13.0. The summed E-state index contributed by atoms with van der Waals surface area (Å²) in [6, 6.07) is 11.8. The summed E-state index contributed by atoms with van der Waals surface area (Å²) in [6.07, 6.45) is 2.38. The van der Waals surface area contributed by atoms with Crippen LogP contribution in [0.2, 0.25) is 0 Å². The molecule has 4 N–H and O–H groups in total. The number of benzene rings is 2. The van der Waals surface area contributed by atoms with Gasteiger partial charge in [0, 0.05) is 17.6 Å². The quantitative estimate of drug-likeness (QED) is 0.626. The van der Waals surface area contributed by atoms with Gasteiger partial charge in [0.2, 0.25) is 15.9 Å². The van der Waals surface area contributed by atoms with Crippen molar-refractivity contribution in [3.05, 3.63) is 59.9 Å². The lowest BCUT2D eigenvalue weighted by atomic mass is 9.85. The van der Waals surface area contributed by atoms with Crippen LogP contribution in [0.5, 0.6) is 0 Å². The van der Waals surface area contributed by atoms with Crippen molar-refractivity contribution >= 4 is 21.6 Å². The first kappa shape index (κ1) is 21.3. The van der Waals surface area contributed by atoms with Gasteiger partial charge in [-0.15, -0.1) is 0 Å². The van der Waals surface area contributed by atoms with Crippen LogP contribution in [0.4, 0.5) is 10.1 Å². The molecule has 0 aliphatic heterocycles. The first-order chi connectivity index (χ1) is 13.7. The fraction of sp³-hybridized carbons (Fsp3) is 0.381. The SMILES string of the molecule is C[C@@H](NC(=O)C1CCC(NS(=O)(=O)c2cccc(N)c2)CC1)c1ccc(F)cc1. The molecule has 1 atom stereocenters. The van der Waals surface area contributed by atoms with Crippen LogP contribution in [0.15, 0.2) is 53.4 Å². The van der Waals surface area contributed by atoms with Crippen molar-refractivity contribution in [2.45, 2.75) is 49.6 Å². The second kappa shape index (κ2) is 8.92. The van der Waals surface area contributed by atoms with Gasteiger partial charge in [0.25, 0.3) is 0 Å². The predicted octanol–water partition coefficient (Wildman–Crippen LogP) is 3.12. The Kier molecular flexibility index (Phi) is 6.54. The summed E-state index contributed by atoms with van der Waals surface area (Å²) < 4.78 is 40.8. The third kappa shape index (κ3) is 5.55. The van der Waals surface area contributed by atoms with Crippen molar-refractivity contribution in [3.8, 4) is 0 Å². The van der Waals surface area contributed by atoms with E-state index in [1.165, 1.54) is 24.3 Å². The van der Waals surface area contributed by atoms with Gasteiger partial charge in [0.1, 0.15) is 5.82 Å². The van der Waals surface area contributed by atoms with Crippen molar-refractivity contribution in [2.24, 2.45) is 5.92 Å². The molecule has 156 valence electrons. The van der Waals surface area contributed by atoms with Gasteiger partial charge in [0.15, 0.2) is 0 Å². The summed E-state index contributed by atoms with van der Waals surface area (Å²) in [5.74, 6) is -0.531. The summed E-state index contributed by atoms with van der Waals surface area (Å²) in [7, 11) is -3.64. The van der Waals surface area contributed by atoms with E-state index in [4.69, 9.17) is 5.73 Å². The minimum atomic E-state index is -3.64. The highest BCUT2D eigenvalue weighted by Gasteiger charge is 2.29. The molecule has 3 rings (SSSR count). The molecule has 1 aliphatic carbocycles. The summed E-state index contributed by atoms with van der Waals surface area (Å²) >= 11 is 0. The molecular weight excluding hydrogens is 393 g/mol. The van der Waals surface area contributed by atoms with Gasteiger partial charge in [-0.3, -0.25) is 4.79 Å². The van der Waals surface area contributed by atoms with Crippen molar-refractivity contribution in [2.75, 3.05) is 5.73 Å². The van der Waals surface area contributed by atoms with Crippen molar-refractivity contribution < 1.29 is 17.6 Å². The molecule has 1 amide bonds. The molecule has 0 aromatic heterocycles. The Labute approximate surface area is 170 Å². The van der Waals surface area contributed by atoms with Gasteiger partial charge >= 0.3 is 0 Å². The van der Waals surface area contributed by atoms with Crippen LogP contribution in [0.3, 0.4) is 0 Å². The molecule has 1 aliphatic rings. The van der Waals surface area contributed by atoms with E-state index in [1.54, 1.807) is 24.3 Å². The number of amides is 1. The molecular formula is C21H26FN3O3S. The van der Waals surface area contributed by atoms with E-state index in [0.717, 1.165) is 5.56 Å². The number of anilines is 1. The van der Waals surface area contributed by atoms with Crippen LogP contribution in [-0.2, 0) is 14.8 Å². The highest BCUT2D eigenvalue weighted by molar-refractivity contribution is 7.89. The van der Waals surface area contributed by atoms with E-state index >= 15 is 0 Å². The Balaban J connectivity index is 1.52. The minimum Gasteiger partial charge on any atom is -0.399 e. The van der Waals surface area contributed by atoms with E-state index in [2.05, 4.69) is 10.0 Å². The van der Waals surface area contributed by atoms with Gasteiger partial charge in [-0.2, -0.15) is 0 Å². The Morgan fingerprint density at radius 1 is 1.10 bits per heavy atom. The average molecular weight is 420 g/mol. The second-order valence-electron chi connectivity index (χ2n) is 7.52. The van der Waals surface area contributed by atoms with Crippen LogP contribution < -0.4 is 15.8 Å². The molecule has 0 spiro atoms. The standard InChI is InChI=1S/C21H26FN3O3S/c1-14(15-5-9-17(22)10-6-15)24-21(26)16-7-11-19(12-8-16)25-29(27,28)20-4-2-3-18(23)13-20/h2-6,9-10,13-14,16,19,25H,7-8,11-12,23H2,1H3,(H,24,26)/t14-,16?,19?/m1/s1. The fourth-order valence-corrected chi connectivity index (χ4v) is 4.97. The number of carbonyl (C=O) groups excluding carboxylic acids is 1. The molecule has 29 heavy (non-hydrogen) atoms. The number of sulfonamides is 1. The number of rotatable bonds is 6. The Hall–Kier alpha value is -2.45. The van der Waals surface area contributed by atoms with Crippen LogP contribution in [-0.4, -0.2) is 20.4 Å². The second-order valence-corrected chi connectivity index (χ2v) is 9.24. The Morgan fingerprint density at radius 3 is 2.38 bits per heavy atom. The van der Waals surface area contributed by atoms with Gasteiger partial charge in [-0.25, -0.2) is 17.5 Å². The summed E-state index contributed by atoms with van der Waals surface area (Å²) in [4.78, 5) is 12.7. The molecule has 1 fully saturated rings. The van der Waals surface area contributed by atoms with Gasteiger partial charge in [-0.05, 0) is 68.5 Å². The van der Waals surface area contributed by atoms with E-state index < -0.39 is 10.0 Å². The van der Waals surface area contributed by atoms with E-state index in [9.17, 15) is 17.6 Å². The van der Waals surface area contributed by atoms with Crippen molar-refractivity contribution in [1.29, 1.82) is 0 Å². The van der Waals surface area contributed by atoms with E-state index in [0.29, 0.717) is 31.4 Å². The van der Waals surface area contributed by atoms with E-state index in [-0.39, 0.29) is 34.6 Å². The smallest absolute Gasteiger partial charge is 0.240 e. The molecule has 1 saturated carbocycles. The zero-order valence-electron chi connectivity index (χ0n) is 16.3. The minimum absolute atomic E-state index is 0.0565. The molecule has 6 nitrogen and oxygen atoms in total. The van der Waals surface area contributed by atoms with Gasteiger partial charge in [-0.1, -0.05) is 18.2 Å². The maximum Gasteiger partial charge on any atom is 0.240 e. The fourth-order valence-electron chi connectivity index (χ4n) is 3.61.